The number of guanidine groups is 1. The molecule has 0 radical (unpaired) electrons. The molecule has 2 aliphatic rings. The van der Waals surface area contributed by atoms with Crippen molar-refractivity contribution in [2.75, 3.05) is 13.2 Å². The van der Waals surface area contributed by atoms with Gasteiger partial charge in [0.15, 0.2) is 5.96 Å². The summed E-state index contributed by atoms with van der Waals surface area (Å²) in [6.45, 7) is 6.65. The summed E-state index contributed by atoms with van der Waals surface area (Å²) in [5, 5.41) is 6.75. The molecule has 2 aliphatic carbocycles. The maximum Gasteiger partial charge on any atom is 0.213 e. The molecule has 1 aromatic rings. The lowest BCUT2D eigenvalue weighted by Gasteiger charge is -2.10. The van der Waals surface area contributed by atoms with Crippen LogP contribution >= 0.6 is 24.0 Å². The fraction of sp³-hybridized carbons (Fsp3) is 0.647. The first-order valence-electron chi connectivity index (χ1n) is 8.37. The molecule has 1 aromatic heterocycles. The van der Waals surface area contributed by atoms with Crippen LogP contribution in [0.25, 0.3) is 0 Å². The Balaban J connectivity index is 0.00000192. The van der Waals surface area contributed by atoms with E-state index in [0.29, 0.717) is 12.6 Å². The minimum Gasteiger partial charge on any atom is -0.477 e. The smallest absolute Gasteiger partial charge is 0.213 e. The SMILES string of the molecule is CCNC(=NCc1ccc(OCC2CC2)nc1)NC1CC1C.I. The lowest BCUT2D eigenvalue weighted by Crippen LogP contribution is -2.39. The first-order chi connectivity index (χ1) is 10.7. The monoisotopic (exact) mass is 430 g/mol. The van der Waals surface area contributed by atoms with Crippen molar-refractivity contribution in [3.05, 3.63) is 23.9 Å². The topological polar surface area (TPSA) is 58.5 Å². The summed E-state index contributed by atoms with van der Waals surface area (Å²) in [4.78, 5) is 8.98. The molecule has 5 nitrogen and oxygen atoms in total. The quantitative estimate of drug-likeness (QED) is 0.397. The molecular formula is C17H27IN4O. The standard InChI is InChI=1S/C17H26N4O.HI/c1-3-18-17(21-15-8-12(15)2)20-10-14-6-7-16(19-9-14)22-11-13-4-5-13;/h6-7,9,12-13,15H,3-5,8,10-11H2,1-2H3,(H2,18,20,21);1H. The lowest BCUT2D eigenvalue weighted by atomic mass is 10.3. The number of aromatic nitrogens is 1. The average Bonchev–Trinajstić information content (AvgIpc) is 3.43. The predicted octanol–water partition coefficient (Wildman–Crippen LogP) is 2.95. The second kappa shape index (κ2) is 8.70. The zero-order valence-corrected chi connectivity index (χ0v) is 16.2. The minimum absolute atomic E-state index is 0. The van der Waals surface area contributed by atoms with E-state index >= 15 is 0 Å². The lowest BCUT2D eigenvalue weighted by molar-refractivity contribution is 0.288. The molecular weight excluding hydrogens is 403 g/mol. The Labute approximate surface area is 155 Å². The van der Waals surface area contributed by atoms with Crippen LogP contribution in [0.1, 0.15) is 38.7 Å². The zero-order valence-electron chi connectivity index (χ0n) is 13.9. The third-order valence-corrected chi connectivity index (χ3v) is 4.16. The van der Waals surface area contributed by atoms with Crippen molar-refractivity contribution in [3.8, 4) is 5.88 Å². The van der Waals surface area contributed by atoms with Crippen molar-refractivity contribution >= 4 is 29.9 Å². The number of aliphatic imine (C=N–C) groups is 1. The molecule has 2 fully saturated rings. The number of hydrogen-bond donors (Lipinski definition) is 2. The number of nitrogens with zero attached hydrogens (tertiary/aromatic N) is 2. The van der Waals surface area contributed by atoms with Crippen LogP contribution in [-0.2, 0) is 6.54 Å². The molecule has 2 saturated carbocycles. The molecule has 3 rings (SSSR count). The van der Waals surface area contributed by atoms with Gasteiger partial charge in [-0.05, 0) is 43.6 Å². The summed E-state index contributed by atoms with van der Waals surface area (Å²) < 4.78 is 5.65. The van der Waals surface area contributed by atoms with Crippen LogP contribution in [0.4, 0.5) is 0 Å². The van der Waals surface area contributed by atoms with E-state index in [1.807, 2.05) is 18.3 Å². The van der Waals surface area contributed by atoms with Crippen LogP contribution < -0.4 is 15.4 Å². The molecule has 0 aromatic carbocycles. The van der Waals surface area contributed by atoms with Crippen molar-refractivity contribution in [1.29, 1.82) is 0 Å². The van der Waals surface area contributed by atoms with Crippen LogP contribution in [0.5, 0.6) is 5.88 Å². The van der Waals surface area contributed by atoms with E-state index in [-0.39, 0.29) is 24.0 Å². The van der Waals surface area contributed by atoms with Gasteiger partial charge in [0.1, 0.15) is 0 Å². The van der Waals surface area contributed by atoms with Gasteiger partial charge in [0.2, 0.25) is 5.88 Å². The zero-order chi connectivity index (χ0) is 15.4. The Hall–Kier alpha value is -1.05. The number of pyridine rings is 1. The Kier molecular flexibility index (Phi) is 6.92. The molecule has 0 saturated heterocycles. The van der Waals surface area contributed by atoms with E-state index in [1.54, 1.807) is 0 Å². The van der Waals surface area contributed by atoms with Gasteiger partial charge in [-0.15, -0.1) is 24.0 Å². The van der Waals surface area contributed by atoms with Crippen molar-refractivity contribution < 1.29 is 4.74 Å². The van der Waals surface area contributed by atoms with Gasteiger partial charge in [-0.2, -0.15) is 0 Å². The number of hydrogen-bond acceptors (Lipinski definition) is 3. The minimum atomic E-state index is 0. The molecule has 23 heavy (non-hydrogen) atoms. The van der Waals surface area contributed by atoms with Gasteiger partial charge >= 0.3 is 0 Å². The molecule has 0 aliphatic heterocycles. The Bertz CT molecular complexity index is 516. The second-order valence-electron chi connectivity index (χ2n) is 6.42. The molecule has 0 bridgehead atoms. The maximum absolute atomic E-state index is 5.65. The average molecular weight is 430 g/mol. The highest BCUT2D eigenvalue weighted by Crippen LogP contribution is 2.29. The molecule has 6 heteroatoms. The first kappa shape index (κ1) is 18.3. The highest BCUT2D eigenvalue weighted by Gasteiger charge is 2.33. The molecule has 0 amide bonds. The normalized spacial score (nSPS) is 23.0. The van der Waals surface area contributed by atoms with Crippen LogP contribution in [0, 0.1) is 11.8 Å². The molecule has 2 N–H and O–H groups in total. The second-order valence-corrected chi connectivity index (χ2v) is 6.42. The molecule has 128 valence electrons. The number of ether oxygens (including phenoxy) is 1. The summed E-state index contributed by atoms with van der Waals surface area (Å²) in [5.74, 6) is 3.13. The van der Waals surface area contributed by atoms with E-state index in [9.17, 15) is 0 Å². The van der Waals surface area contributed by atoms with Crippen LogP contribution in [0.2, 0.25) is 0 Å². The predicted molar refractivity (Wildman–Crippen MR) is 103 cm³/mol. The number of rotatable bonds is 7. The molecule has 2 unspecified atom stereocenters. The Morgan fingerprint density at radius 1 is 1.39 bits per heavy atom. The van der Waals surface area contributed by atoms with E-state index < -0.39 is 0 Å². The van der Waals surface area contributed by atoms with Crippen LogP contribution in [-0.4, -0.2) is 30.1 Å². The highest BCUT2D eigenvalue weighted by molar-refractivity contribution is 14.0. The van der Waals surface area contributed by atoms with Crippen LogP contribution in [0.15, 0.2) is 23.3 Å². The van der Waals surface area contributed by atoms with Gasteiger partial charge in [-0.1, -0.05) is 13.0 Å². The maximum atomic E-state index is 5.65. The van der Waals surface area contributed by atoms with Gasteiger partial charge in [0, 0.05) is 24.8 Å². The third-order valence-electron chi connectivity index (χ3n) is 4.16. The van der Waals surface area contributed by atoms with E-state index in [2.05, 4.69) is 34.5 Å². The van der Waals surface area contributed by atoms with Crippen molar-refractivity contribution in [1.82, 2.24) is 15.6 Å². The molecule has 2 atom stereocenters. The third kappa shape index (κ3) is 6.16. The first-order valence-corrected chi connectivity index (χ1v) is 8.37. The van der Waals surface area contributed by atoms with Crippen molar-refractivity contribution in [2.24, 2.45) is 16.8 Å². The van der Waals surface area contributed by atoms with Gasteiger partial charge < -0.3 is 15.4 Å². The van der Waals surface area contributed by atoms with Gasteiger partial charge in [0.25, 0.3) is 0 Å². The van der Waals surface area contributed by atoms with Crippen molar-refractivity contribution in [3.63, 3.8) is 0 Å². The fourth-order valence-electron chi connectivity index (χ4n) is 2.27. The number of halogens is 1. The van der Waals surface area contributed by atoms with Crippen LogP contribution in [0.3, 0.4) is 0 Å². The summed E-state index contributed by atoms with van der Waals surface area (Å²) >= 11 is 0. The molecule has 0 spiro atoms. The fourth-order valence-corrected chi connectivity index (χ4v) is 2.27. The summed E-state index contributed by atoms with van der Waals surface area (Å²) in [5.41, 5.74) is 1.10. The van der Waals surface area contributed by atoms with Gasteiger partial charge in [-0.3, -0.25) is 0 Å². The van der Waals surface area contributed by atoms with Crippen molar-refractivity contribution in [2.45, 2.75) is 45.7 Å². The summed E-state index contributed by atoms with van der Waals surface area (Å²) in [6, 6.07) is 4.56. The van der Waals surface area contributed by atoms with E-state index in [4.69, 9.17) is 4.74 Å². The Morgan fingerprint density at radius 2 is 2.17 bits per heavy atom. The van der Waals surface area contributed by atoms with E-state index in [1.165, 1.54) is 19.3 Å². The summed E-state index contributed by atoms with van der Waals surface area (Å²) in [6.07, 6.45) is 5.69. The van der Waals surface area contributed by atoms with E-state index in [0.717, 1.165) is 42.4 Å². The molecule has 1 heterocycles. The van der Waals surface area contributed by atoms with Gasteiger partial charge in [0.05, 0.1) is 13.2 Å². The number of nitrogens with one attached hydrogen (secondary N) is 2. The van der Waals surface area contributed by atoms with Gasteiger partial charge in [-0.25, -0.2) is 9.98 Å². The Morgan fingerprint density at radius 3 is 2.74 bits per heavy atom. The highest BCUT2D eigenvalue weighted by atomic mass is 127. The summed E-state index contributed by atoms with van der Waals surface area (Å²) in [7, 11) is 0. The largest absolute Gasteiger partial charge is 0.477 e.